The van der Waals surface area contributed by atoms with Gasteiger partial charge in [-0.25, -0.2) is 0 Å². The Hall–Kier alpha value is -7.92. The van der Waals surface area contributed by atoms with Gasteiger partial charge in [0.2, 0.25) is 0 Å². The van der Waals surface area contributed by atoms with Gasteiger partial charge >= 0.3 is 0 Å². The van der Waals surface area contributed by atoms with Crippen LogP contribution in [0.1, 0.15) is 22.3 Å². The summed E-state index contributed by atoms with van der Waals surface area (Å²) < 4.78 is 16.4. The lowest BCUT2D eigenvalue weighted by Gasteiger charge is -2.43. The molecule has 0 saturated carbocycles. The van der Waals surface area contributed by atoms with Gasteiger partial charge in [0.25, 0.3) is 0 Å². The third kappa shape index (κ3) is 4.79. The van der Waals surface area contributed by atoms with Gasteiger partial charge < -0.3 is 14.1 Å². The molecule has 63 heavy (non-hydrogen) atoms. The number of anilines is 3. The van der Waals surface area contributed by atoms with Gasteiger partial charge in [0.1, 0.15) is 22.7 Å². The molecule has 1 aliphatic heterocycles. The van der Waals surface area contributed by atoms with Gasteiger partial charge in [-0.1, -0.05) is 152 Å². The van der Waals surface area contributed by atoms with E-state index in [0.29, 0.717) is 0 Å². The Kier molecular flexibility index (Phi) is 7.20. The zero-order valence-electron chi connectivity index (χ0n) is 33.9. The minimum Gasteiger partial charge on any atom is -0.456 e. The van der Waals surface area contributed by atoms with Crippen LogP contribution in [0.2, 0.25) is 0 Å². The topological polar surface area (TPSA) is 25.6 Å². The molecule has 294 valence electrons. The van der Waals surface area contributed by atoms with E-state index < -0.39 is 5.41 Å². The van der Waals surface area contributed by atoms with Crippen molar-refractivity contribution >= 4 is 81.3 Å². The number of rotatable bonds is 4. The van der Waals surface area contributed by atoms with Gasteiger partial charge in [0.15, 0.2) is 0 Å². The van der Waals surface area contributed by atoms with E-state index in [1.807, 2.05) is 17.4 Å². The lowest BCUT2D eigenvalue weighted by molar-refractivity contribution is 0.438. The number of fused-ring (bicyclic) bond motifs is 16. The van der Waals surface area contributed by atoms with Crippen molar-refractivity contribution in [1.82, 2.24) is 0 Å². The molecule has 0 fully saturated rings. The highest BCUT2D eigenvalue weighted by molar-refractivity contribution is 7.25. The molecule has 1 aliphatic carbocycles. The SMILES string of the molecule is c1ccc2c(c1)Oc1c(-c3cccc4ccccc34)ccc(N(c3ccc4c(c3)sc3ccccc34)c3ccc4oc5ccccc5c4c3)c1C21c2ccccc2-c2ccccc21. The van der Waals surface area contributed by atoms with Crippen LogP contribution in [0.3, 0.4) is 0 Å². The maximum Gasteiger partial charge on any atom is 0.142 e. The van der Waals surface area contributed by atoms with E-state index >= 15 is 0 Å². The summed E-state index contributed by atoms with van der Waals surface area (Å²) in [5.74, 6) is 1.72. The van der Waals surface area contributed by atoms with Gasteiger partial charge in [-0.2, -0.15) is 0 Å². The van der Waals surface area contributed by atoms with Crippen LogP contribution < -0.4 is 9.64 Å². The van der Waals surface area contributed by atoms with Gasteiger partial charge in [0, 0.05) is 59.0 Å². The molecule has 0 saturated heterocycles. The predicted molar refractivity (Wildman–Crippen MR) is 262 cm³/mol. The molecule has 0 unspecified atom stereocenters. The Morgan fingerprint density at radius 2 is 1.02 bits per heavy atom. The van der Waals surface area contributed by atoms with Crippen LogP contribution in [0, 0.1) is 0 Å². The second-order valence-electron chi connectivity index (χ2n) is 16.7. The highest BCUT2D eigenvalue weighted by atomic mass is 32.1. The van der Waals surface area contributed by atoms with Gasteiger partial charge in [-0.15, -0.1) is 11.3 Å². The number of benzene rings is 10. The molecule has 0 amide bonds. The van der Waals surface area contributed by atoms with Crippen molar-refractivity contribution in [2.75, 3.05) is 4.90 Å². The molecule has 1 spiro atoms. The first-order valence-corrected chi connectivity index (χ1v) is 22.3. The van der Waals surface area contributed by atoms with Crippen molar-refractivity contribution in [3.8, 4) is 33.8 Å². The summed E-state index contributed by atoms with van der Waals surface area (Å²) in [6.45, 7) is 0. The van der Waals surface area contributed by atoms with Crippen molar-refractivity contribution in [2.24, 2.45) is 0 Å². The first-order valence-electron chi connectivity index (χ1n) is 21.5. The zero-order chi connectivity index (χ0) is 41.2. The molecule has 3 heterocycles. The zero-order valence-corrected chi connectivity index (χ0v) is 34.7. The molecule has 0 N–H and O–H groups in total. The molecular weight excluding hydrogens is 787 g/mol. The first-order chi connectivity index (χ1) is 31.2. The Bertz CT molecular complexity index is 3820. The summed E-state index contributed by atoms with van der Waals surface area (Å²) >= 11 is 1.84. The Morgan fingerprint density at radius 1 is 0.397 bits per heavy atom. The minimum absolute atomic E-state index is 0.736. The Balaban J connectivity index is 1.15. The molecule has 2 aliphatic rings. The van der Waals surface area contributed by atoms with Crippen molar-refractivity contribution < 1.29 is 9.15 Å². The van der Waals surface area contributed by atoms with Crippen LogP contribution in [0.4, 0.5) is 17.1 Å². The lowest BCUT2D eigenvalue weighted by Crippen LogP contribution is -2.34. The highest BCUT2D eigenvalue weighted by Gasteiger charge is 2.53. The monoisotopic (exact) mass is 821 g/mol. The summed E-state index contributed by atoms with van der Waals surface area (Å²) in [5.41, 5.74) is 13.5. The Morgan fingerprint density at radius 3 is 1.87 bits per heavy atom. The molecule has 4 heteroatoms. The highest BCUT2D eigenvalue weighted by Crippen LogP contribution is 2.66. The van der Waals surface area contributed by atoms with Crippen LogP contribution in [0.25, 0.3) is 75.1 Å². The molecule has 12 aromatic rings. The molecular formula is C59H35NO2S. The fourth-order valence-corrected chi connectivity index (χ4v) is 12.1. The number of nitrogens with zero attached hydrogens (tertiary/aromatic N) is 1. The maximum absolute atomic E-state index is 7.48. The van der Waals surface area contributed by atoms with E-state index in [9.17, 15) is 0 Å². The standard InChI is InChI=1S/C59H35NO2S/c1-2-16-39-36(14-1)15-13-21-40(39)46-31-32-51(57-58(46)62-54-26-11-9-24-50(54)59(57)48-22-7-3-17-41(48)42-18-4-8-23-49(42)59)60(37-29-33-53-47(34-37)43-19-5-10-25-52(43)61-53)38-28-30-45-44-20-6-12-27-55(44)63-56(45)35-38/h1-35H. The van der Waals surface area contributed by atoms with Crippen LogP contribution >= 0.6 is 11.3 Å². The molecule has 2 aromatic heterocycles. The van der Waals surface area contributed by atoms with E-state index in [4.69, 9.17) is 9.15 Å². The van der Waals surface area contributed by atoms with Crippen LogP contribution in [0.15, 0.2) is 217 Å². The van der Waals surface area contributed by atoms with E-state index in [1.54, 1.807) is 0 Å². The van der Waals surface area contributed by atoms with Crippen molar-refractivity contribution in [3.05, 3.63) is 235 Å². The molecule has 0 bridgehead atoms. The number of thiophene rings is 1. The summed E-state index contributed by atoms with van der Waals surface area (Å²) in [5, 5.41) is 7.08. The third-order valence-electron chi connectivity index (χ3n) is 13.5. The quantitative estimate of drug-likeness (QED) is 0.177. The number of ether oxygens (including phenoxy) is 1. The van der Waals surface area contributed by atoms with Crippen molar-refractivity contribution in [1.29, 1.82) is 0 Å². The average Bonchev–Trinajstić information content (AvgIpc) is 4.00. The summed E-state index contributed by atoms with van der Waals surface area (Å²) in [7, 11) is 0. The van der Waals surface area contributed by atoms with Crippen LogP contribution in [0.5, 0.6) is 11.5 Å². The predicted octanol–water partition coefficient (Wildman–Crippen LogP) is 16.7. The minimum atomic E-state index is -0.736. The van der Waals surface area contributed by atoms with Crippen molar-refractivity contribution in [3.63, 3.8) is 0 Å². The van der Waals surface area contributed by atoms with E-state index in [2.05, 4.69) is 211 Å². The van der Waals surface area contributed by atoms with Gasteiger partial charge in [0.05, 0.1) is 11.1 Å². The maximum atomic E-state index is 7.48. The molecule has 0 atom stereocenters. The van der Waals surface area contributed by atoms with Gasteiger partial charge in [-0.3, -0.25) is 0 Å². The van der Waals surface area contributed by atoms with Crippen molar-refractivity contribution in [2.45, 2.75) is 5.41 Å². The largest absolute Gasteiger partial charge is 0.456 e. The lowest BCUT2D eigenvalue weighted by atomic mass is 9.64. The number of furan rings is 1. The normalized spacial score (nSPS) is 13.3. The fraction of sp³-hybridized carbons (Fsp3) is 0.0169. The van der Waals surface area contributed by atoms with E-state index in [-0.39, 0.29) is 0 Å². The second kappa shape index (κ2) is 13.0. The molecule has 3 nitrogen and oxygen atoms in total. The third-order valence-corrected chi connectivity index (χ3v) is 14.7. The molecule has 14 rings (SSSR count). The van der Waals surface area contributed by atoms with Crippen LogP contribution in [-0.4, -0.2) is 0 Å². The summed E-state index contributed by atoms with van der Waals surface area (Å²) in [6, 6.07) is 77.3. The summed E-state index contributed by atoms with van der Waals surface area (Å²) in [4.78, 5) is 2.47. The number of para-hydroxylation sites is 2. The number of hydrogen-bond donors (Lipinski definition) is 0. The fourth-order valence-electron chi connectivity index (χ4n) is 10.9. The second-order valence-corrected chi connectivity index (χ2v) is 17.8. The number of hydrogen-bond acceptors (Lipinski definition) is 4. The summed E-state index contributed by atoms with van der Waals surface area (Å²) in [6.07, 6.45) is 0. The first kappa shape index (κ1) is 34.8. The van der Waals surface area contributed by atoms with Gasteiger partial charge in [-0.05, 0) is 99.3 Å². The van der Waals surface area contributed by atoms with E-state index in [1.165, 1.54) is 53.2 Å². The van der Waals surface area contributed by atoms with E-state index in [0.717, 1.165) is 72.8 Å². The Labute approximate surface area is 367 Å². The average molecular weight is 822 g/mol. The molecule has 0 radical (unpaired) electrons. The molecule has 10 aromatic carbocycles. The van der Waals surface area contributed by atoms with Crippen LogP contribution in [-0.2, 0) is 5.41 Å². The smallest absolute Gasteiger partial charge is 0.142 e.